The second kappa shape index (κ2) is 25.5. The molecule has 0 aromatic heterocycles. The van der Waals surface area contributed by atoms with Gasteiger partial charge in [0.2, 0.25) is 0 Å². The monoisotopic (exact) mass is 382 g/mol. The molecule has 0 aliphatic carbocycles. The Kier molecular flexibility index (Phi) is 28.2. The molecule has 0 fully saturated rings. The van der Waals surface area contributed by atoms with E-state index in [0.29, 0.717) is 0 Å². The first kappa shape index (κ1) is 28.7. The van der Waals surface area contributed by atoms with E-state index in [4.69, 9.17) is 0 Å². The summed E-state index contributed by atoms with van der Waals surface area (Å²) >= 11 is -0.410. The smallest absolute Gasteiger partial charge is 0.0939 e. The molecule has 0 heterocycles. The first-order valence-corrected chi connectivity index (χ1v) is 14.8. The fourth-order valence-corrected chi connectivity index (χ4v) is 7.54. The van der Waals surface area contributed by atoms with E-state index in [1.54, 1.807) is 35.1 Å². The Morgan fingerprint density at radius 2 is 0.577 bits per heavy atom. The van der Waals surface area contributed by atoms with E-state index in [-0.39, 0.29) is 7.43 Å². The molecule has 0 aromatic rings. The fourth-order valence-electron chi connectivity index (χ4n) is 4.07. The number of hydrogen-bond donors (Lipinski definition) is 0. The van der Waals surface area contributed by atoms with Gasteiger partial charge in [0, 0.05) is 0 Å². The Balaban J connectivity index is 0. The molecule has 0 saturated carbocycles. The lowest BCUT2D eigenvalue weighted by Gasteiger charge is -2.12. The molecule has 0 nitrogen and oxygen atoms in total. The maximum atomic E-state index is 2.32. The highest BCUT2D eigenvalue weighted by Gasteiger charge is 2.15. The molecule has 26 heavy (non-hydrogen) atoms. The molecule has 158 valence electrons. The van der Waals surface area contributed by atoms with E-state index in [1.807, 2.05) is 0 Å². The number of rotatable bonds is 21. The van der Waals surface area contributed by atoms with Crippen LogP contribution in [0.5, 0.6) is 0 Å². The quantitative estimate of drug-likeness (QED) is 0.137. The van der Waals surface area contributed by atoms with Gasteiger partial charge in [-0.25, -0.2) is 0 Å². The molecule has 0 amide bonds. The minimum Gasteiger partial charge on any atom is -0.0939 e. The zero-order valence-electron chi connectivity index (χ0n) is 18.4. The van der Waals surface area contributed by atoms with Crippen LogP contribution in [0.25, 0.3) is 0 Å². The van der Waals surface area contributed by atoms with Gasteiger partial charge >= 0.3 is 0 Å². The van der Waals surface area contributed by atoms with Gasteiger partial charge in [-0.15, -0.1) is 0 Å². The molecule has 0 saturated heterocycles. The van der Waals surface area contributed by atoms with E-state index in [9.17, 15) is 0 Å². The van der Waals surface area contributed by atoms with E-state index in [0.717, 1.165) is 0 Å². The highest BCUT2D eigenvalue weighted by atomic mass is 27.2. The van der Waals surface area contributed by atoms with Gasteiger partial charge in [-0.3, -0.25) is 0 Å². The summed E-state index contributed by atoms with van der Waals surface area (Å²) in [6.07, 6.45) is 26.7. The molecule has 0 aliphatic heterocycles. The molecule has 0 rings (SSSR count). The molecule has 0 radical (unpaired) electrons. The lowest BCUT2D eigenvalue weighted by Crippen LogP contribution is -2.12. The zero-order chi connectivity index (χ0) is 18.4. The van der Waals surface area contributed by atoms with E-state index >= 15 is 0 Å². The predicted molar refractivity (Wildman–Crippen MR) is 127 cm³/mol. The second-order valence-electron chi connectivity index (χ2n) is 8.54. The van der Waals surface area contributed by atoms with Gasteiger partial charge in [-0.2, -0.15) is 0 Å². The summed E-state index contributed by atoms with van der Waals surface area (Å²) in [5.74, 6) is 0. The normalized spacial score (nSPS) is 10.7. The van der Waals surface area contributed by atoms with Crippen LogP contribution in [0.1, 0.15) is 144 Å². The summed E-state index contributed by atoms with van der Waals surface area (Å²) in [6.45, 7) is 6.97. The van der Waals surface area contributed by atoms with Crippen molar-refractivity contribution in [3.63, 3.8) is 0 Å². The largest absolute Gasteiger partial charge is 0.261 e. The molecule has 0 unspecified atom stereocenters. The summed E-state index contributed by atoms with van der Waals surface area (Å²) in [7, 11) is 0. The van der Waals surface area contributed by atoms with E-state index in [1.165, 1.54) is 96.3 Å². The SMILES string of the molecule is C.CCCCCCC[CH2][Al]([CH2]CCCCCCC)[CH2]CCCCCCC. The zero-order valence-corrected chi connectivity index (χ0v) is 19.6. The molecule has 1 heteroatoms. The van der Waals surface area contributed by atoms with Crippen LogP contribution in [0.4, 0.5) is 0 Å². The molecule has 0 aliphatic rings. The third kappa shape index (κ3) is 22.6. The lowest BCUT2D eigenvalue weighted by molar-refractivity contribution is 0.610. The van der Waals surface area contributed by atoms with Crippen molar-refractivity contribution < 1.29 is 0 Å². The van der Waals surface area contributed by atoms with Gasteiger partial charge in [0.1, 0.15) is 0 Å². The van der Waals surface area contributed by atoms with Crippen molar-refractivity contribution in [2.75, 3.05) is 0 Å². The van der Waals surface area contributed by atoms with Crippen molar-refractivity contribution in [3.8, 4) is 0 Å². The van der Waals surface area contributed by atoms with Crippen molar-refractivity contribution in [2.24, 2.45) is 0 Å². The average Bonchev–Trinajstić information content (AvgIpc) is 2.63. The van der Waals surface area contributed by atoms with Crippen LogP contribution in [0.15, 0.2) is 0 Å². The Morgan fingerprint density at radius 3 is 0.846 bits per heavy atom. The minimum absolute atomic E-state index is 0. The highest BCUT2D eigenvalue weighted by Crippen LogP contribution is 2.20. The van der Waals surface area contributed by atoms with Crippen LogP contribution in [0.2, 0.25) is 15.8 Å². The lowest BCUT2D eigenvalue weighted by atomic mass is 10.1. The third-order valence-electron chi connectivity index (χ3n) is 5.90. The Labute approximate surface area is 173 Å². The van der Waals surface area contributed by atoms with Crippen LogP contribution < -0.4 is 0 Å². The van der Waals surface area contributed by atoms with Crippen LogP contribution in [-0.2, 0) is 0 Å². The highest BCUT2D eigenvalue weighted by molar-refractivity contribution is 6.58. The third-order valence-corrected chi connectivity index (χ3v) is 9.57. The topological polar surface area (TPSA) is 0 Å². The summed E-state index contributed by atoms with van der Waals surface area (Å²) in [5, 5.41) is 4.99. The summed E-state index contributed by atoms with van der Waals surface area (Å²) in [6, 6.07) is 0. The van der Waals surface area contributed by atoms with E-state index < -0.39 is 14.1 Å². The van der Waals surface area contributed by atoms with Crippen molar-refractivity contribution in [3.05, 3.63) is 0 Å². The standard InChI is InChI=1S/3C8H17.CH4.Al/c3*1-3-5-7-8-6-4-2;;/h3*1,3-8H2,2H3;1H4;. The first-order valence-electron chi connectivity index (χ1n) is 12.3. The van der Waals surface area contributed by atoms with Crippen molar-refractivity contribution >= 4 is 14.1 Å². The Hall–Kier alpha value is 0.532. The predicted octanol–water partition coefficient (Wildman–Crippen LogP) is 10.2. The Bertz CT molecular complexity index is 188. The fraction of sp³-hybridized carbons (Fsp3) is 1.00. The maximum absolute atomic E-state index is 2.32. The van der Waals surface area contributed by atoms with Gasteiger partial charge in [0.15, 0.2) is 0 Å². The van der Waals surface area contributed by atoms with E-state index in [2.05, 4.69) is 20.8 Å². The minimum atomic E-state index is -0.410. The van der Waals surface area contributed by atoms with Gasteiger partial charge in [-0.05, 0) is 0 Å². The number of hydrogen-bond acceptors (Lipinski definition) is 0. The first-order chi connectivity index (χ1) is 12.3. The van der Waals surface area contributed by atoms with Crippen LogP contribution >= 0.6 is 0 Å². The molecule has 0 aromatic carbocycles. The average molecular weight is 383 g/mol. The van der Waals surface area contributed by atoms with Crippen molar-refractivity contribution in [2.45, 2.75) is 160 Å². The number of unbranched alkanes of at least 4 members (excludes halogenated alkanes) is 15. The summed E-state index contributed by atoms with van der Waals surface area (Å²) in [5.41, 5.74) is 0. The molecule has 0 atom stereocenters. The van der Waals surface area contributed by atoms with Gasteiger partial charge in [-0.1, -0.05) is 160 Å². The van der Waals surface area contributed by atoms with Crippen molar-refractivity contribution in [1.29, 1.82) is 0 Å². The molecule has 0 bridgehead atoms. The van der Waals surface area contributed by atoms with Gasteiger partial charge < -0.3 is 0 Å². The van der Waals surface area contributed by atoms with Crippen LogP contribution in [0.3, 0.4) is 0 Å². The van der Waals surface area contributed by atoms with Crippen LogP contribution in [0, 0.1) is 0 Å². The molecule has 0 spiro atoms. The summed E-state index contributed by atoms with van der Waals surface area (Å²) in [4.78, 5) is 0. The van der Waals surface area contributed by atoms with Gasteiger partial charge in [0.05, 0.1) is 0 Å². The maximum Gasteiger partial charge on any atom is 0.261 e. The van der Waals surface area contributed by atoms with Gasteiger partial charge in [0.25, 0.3) is 14.1 Å². The Morgan fingerprint density at radius 1 is 0.346 bits per heavy atom. The molecule has 0 N–H and O–H groups in total. The molecular formula is C25H55Al. The van der Waals surface area contributed by atoms with Crippen molar-refractivity contribution in [1.82, 2.24) is 0 Å². The molecular weight excluding hydrogens is 327 g/mol. The summed E-state index contributed by atoms with van der Waals surface area (Å²) < 4.78 is 0. The van der Waals surface area contributed by atoms with Crippen LogP contribution in [-0.4, -0.2) is 14.1 Å². The second-order valence-corrected chi connectivity index (χ2v) is 12.0.